The third-order valence-corrected chi connectivity index (χ3v) is 4.55. The van der Waals surface area contributed by atoms with Crippen molar-refractivity contribution in [1.82, 2.24) is 5.32 Å². The van der Waals surface area contributed by atoms with E-state index in [-0.39, 0.29) is 0 Å². The summed E-state index contributed by atoms with van der Waals surface area (Å²) in [5.41, 5.74) is 2.89. The third-order valence-electron chi connectivity index (χ3n) is 4.55. The van der Waals surface area contributed by atoms with E-state index < -0.39 is 0 Å². The van der Waals surface area contributed by atoms with E-state index in [4.69, 9.17) is 4.74 Å². The van der Waals surface area contributed by atoms with Crippen LogP contribution in [-0.4, -0.2) is 19.7 Å². The molecule has 0 aliphatic heterocycles. The maximum absolute atomic E-state index is 5.34. The zero-order valence-corrected chi connectivity index (χ0v) is 13.2. The van der Waals surface area contributed by atoms with Gasteiger partial charge in [0.25, 0.3) is 0 Å². The molecule has 0 spiro atoms. The third kappa shape index (κ3) is 3.76. The number of aryl methyl sites for hydroxylation is 1. The lowest BCUT2D eigenvalue weighted by atomic mass is 9.85. The summed E-state index contributed by atoms with van der Waals surface area (Å²) in [4.78, 5) is 0. The van der Waals surface area contributed by atoms with Gasteiger partial charge in [-0.2, -0.15) is 0 Å². The van der Waals surface area contributed by atoms with Crippen LogP contribution in [-0.2, 0) is 0 Å². The summed E-state index contributed by atoms with van der Waals surface area (Å²) in [5.74, 6) is 1.63. The summed E-state index contributed by atoms with van der Waals surface area (Å²) in [6.07, 6.45) is 7.96. The maximum atomic E-state index is 5.34. The Morgan fingerprint density at radius 2 is 2.00 bits per heavy atom. The smallest absolute Gasteiger partial charge is 0.119 e. The van der Waals surface area contributed by atoms with Crippen LogP contribution in [0.4, 0.5) is 0 Å². The summed E-state index contributed by atoms with van der Waals surface area (Å²) in [6, 6.07) is 7.22. The van der Waals surface area contributed by atoms with Crippen LogP contribution in [0, 0.1) is 6.92 Å². The predicted molar refractivity (Wildman–Crippen MR) is 85.6 cm³/mol. The van der Waals surface area contributed by atoms with Crippen LogP contribution in [0.2, 0.25) is 0 Å². The molecule has 0 radical (unpaired) electrons. The number of benzene rings is 1. The van der Waals surface area contributed by atoms with Crippen molar-refractivity contribution >= 4 is 0 Å². The van der Waals surface area contributed by atoms with Gasteiger partial charge in [0, 0.05) is 6.04 Å². The molecule has 0 saturated heterocycles. The molecule has 1 aliphatic rings. The van der Waals surface area contributed by atoms with E-state index in [1.54, 1.807) is 7.11 Å². The number of hydrogen-bond acceptors (Lipinski definition) is 2. The minimum atomic E-state index is 0.643. The lowest BCUT2D eigenvalue weighted by Gasteiger charge is -2.28. The van der Waals surface area contributed by atoms with Gasteiger partial charge in [0.2, 0.25) is 0 Å². The highest BCUT2D eigenvalue weighted by molar-refractivity contribution is 5.37. The highest BCUT2D eigenvalue weighted by Crippen LogP contribution is 2.34. The molecule has 0 bridgehead atoms. The Hall–Kier alpha value is -1.02. The Kier molecular flexibility index (Phi) is 5.90. The molecule has 20 heavy (non-hydrogen) atoms. The molecule has 2 rings (SSSR count). The van der Waals surface area contributed by atoms with Crippen molar-refractivity contribution in [2.75, 3.05) is 13.7 Å². The fourth-order valence-corrected chi connectivity index (χ4v) is 3.45. The van der Waals surface area contributed by atoms with E-state index in [1.165, 1.54) is 49.7 Å². The summed E-state index contributed by atoms with van der Waals surface area (Å²) in [6.45, 7) is 5.60. The number of methoxy groups -OCH3 is 1. The van der Waals surface area contributed by atoms with Crippen molar-refractivity contribution in [3.8, 4) is 5.75 Å². The fourth-order valence-electron chi connectivity index (χ4n) is 3.45. The first-order chi connectivity index (χ1) is 9.76. The Balaban J connectivity index is 2.20. The first-order valence-electron chi connectivity index (χ1n) is 8.14. The van der Waals surface area contributed by atoms with E-state index in [1.807, 2.05) is 0 Å². The van der Waals surface area contributed by atoms with E-state index >= 15 is 0 Å². The van der Waals surface area contributed by atoms with Crippen molar-refractivity contribution in [1.29, 1.82) is 0 Å². The number of hydrogen-bond donors (Lipinski definition) is 1. The zero-order valence-electron chi connectivity index (χ0n) is 13.2. The molecule has 2 nitrogen and oxygen atoms in total. The first-order valence-corrected chi connectivity index (χ1v) is 8.14. The highest BCUT2D eigenvalue weighted by Gasteiger charge is 2.25. The lowest BCUT2D eigenvalue weighted by molar-refractivity contribution is 0.404. The SMILES string of the molecule is CCCNC1CCCCCC1c1ccc(OC)cc1C. The molecule has 0 amide bonds. The van der Waals surface area contributed by atoms with Gasteiger partial charge in [-0.3, -0.25) is 0 Å². The quantitative estimate of drug-likeness (QED) is 0.803. The minimum Gasteiger partial charge on any atom is -0.497 e. The average molecular weight is 275 g/mol. The molecule has 1 saturated carbocycles. The molecular weight excluding hydrogens is 246 g/mol. The summed E-state index contributed by atoms with van der Waals surface area (Å²) < 4.78 is 5.34. The van der Waals surface area contributed by atoms with Gasteiger partial charge in [-0.1, -0.05) is 32.3 Å². The molecule has 1 N–H and O–H groups in total. The van der Waals surface area contributed by atoms with Gasteiger partial charge in [0.05, 0.1) is 7.11 Å². The predicted octanol–water partition coefficient (Wildman–Crippen LogP) is 4.42. The molecule has 1 aliphatic carbocycles. The molecular formula is C18H29NO. The summed E-state index contributed by atoms with van der Waals surface area (Å²) >= 11 is 0. The molecule has 112 valence electrons. The molecule has 1 aromatic rings. The lowest BCUT2D eigenvalue weighted by Crippen LogP contribution is -2.35. The number of rotatable bonds is 5. The fraction of sp³-hybridized carbons (Fsp3) is 0.667. The van der Waals surface area contributed by atoms with E-state index in [9.17, 15) is 0 Å². The maximum Gasteiger partial charge on any atom is 0.119 e. The monoisotopic (exact) mass is 275 g/mol. The van der Waals surface area contributed by atoms with Gasteiger partial charge in [-0.25, -0.2) is 0 Å². The van der Waals surface area contributed by atoms with Crippen LogP contribution < -0.4 is 10.1 Å². The molecule has 2 heteroatoms. The van der Waals surface area contributed by atoms with Gasteiger partial charge in [-0.05, 0) is 61.9 Å². The highest BCUT2D eigenvalue weighted by atomic mass is 16.5. The van der Waals surface area contributed by atoms with Gasteiger partial charge < -0.3 is 10.1 Å². The summed E-state index contributed by atoms with van der Waals surface area (Å²) in [7, 11) is 1.74. The second kappa shape index (κ2) is 7.68. The molecule has 1 aromatic carbocycles. The Labute approximate surface area is 123 Å². The van der Waals surface area contributed by atoms with Crippen molar-refractivity contribution < 1.29 is 4.74 Å². The summed E-state index contributed by atoms with van der Waals surface area (Å²) in [5, 5.41) is 3.78. The standard InChI is InChI=1S/C18H29NO/c1-4-12-19-18-9-7-5-6-8-17(18)16-11-10-15(20-3)13-14(16)2/h10-11,13,17-19H,4-9,12H2,1-3H3. The van der Waals surface area contributed by atoms with Crippen molar-refractivity contribution in [3.63, 3.8) is 0 Å². The number of ether oxygens (including phenoxy) is 1. The molecule has 1 fully saturated rings. The van der Waals surface area contributed by atoms with Crippen molar-refractivity contribution in [2.24, 2.45) is 0 Å². The van der Waals surface area contributed by atoms with E-state index in [0.717, 1.165) is 12.3 Å². The zero-order chi connectivity index (χ0) is 14.4. The Morgan fingerprint density at radius 3 is 2.70 bits per heavy atom. The van der Waals surface area contributed by atoms with E-state index in [2.05, 4.69) is 37.4 Å². The van der Waals surface area contributed by atoms with Crippen LogP contribution in [0.1, 0.15) is 62.5 Å². The molecule has 0 aromatic heterocycles. The van der Waals surface area contributed by atoms with Crippen molar-refractivity contribution in [3.05, 3.63) is 29.3 Å². The molecule has 2 unspecified atom stereocenters. The van der Waals surface area contributed by atoms with Gasteiger partial charge in [0.1, 0.15) is 5.75 Å². The average Bonchev–Trinajstić information content (AvgIpc) is 2.70. The topological polar surface area (TPSA) is 21.3 Å². The second-order valence-electron chi connectivity index (χ2n) is 6.03. The molecule has 2 atom stereocenters. The molecule has 0 heterocycles. The second-order valence-corrected chi connectivity index (χ2v) is 6.03. The van der Waals surface area contributed by atoms with Crippen LogP contribution in [0.25, 0.3) is 0 Å². The van der Waals surface area contributed by atoms with Gasteiger partial charge in [0.15, 0.2) is 0 Å². The Bertz CT molecular complexity index is 416. The van der Waals surface area contributed by atoms with Crippen LogP contribution >= 0.6 is 0 Å². The van der Waals surface area contributed by atoms with E-state index in [0.29, 0.717) is 12.0 Å². The van der Waals surface area contributed by atoms with Crippen LogP contribution in [0.15, 0.2) is 18.2 Å². The van der Waals surface area contributed by atoms with Crippen LogP contribution in [0.5, 0.6) is 5.75 Å². The van der Waals surface area contributed by atoms with Gasteiger partial charge >= 0.3 is 0 Å². The minimum absolute atomic E-state index is 0.643. The Morgan fingerprint density at radius 1 is 1.20 bits per heavy atom. The number of nitrogens with one attached hydrogen (secondary N) is 1. The normalized spacial score (nSPS) is 23.4. The van der Waals surface area contributed by atoms with Crippen LogP contribution in [0.3, 0.4) is 0 Å². The van der Waals surface area contributed by atoms with Crippen molar-refractivity contribution in [2.45, 2.75) is 64.3 Å². The van der Waals surface area contributed by atoms with Gasteiger partial charge in [-0.15, -0.1) is 0 Å². The largest absolute Gasteiger partial charge is 0.497 e. The first kappa shape index (κ1) is 15.4.